The standard InChI is InChI=1S/C8H16O6S/c1-13-4-3-5-15(11,12)7(6-14-2)8(9)10/h7H,3-6H2,1-2H3,(H,9,10). The third-order valence-electron chi connectivity index (χ3n) is 1.80. The molecule has 1 N–H and O–H groups in total. The zero-order chi connectivity index (χ0) is 11.9. The van der Waals surface area contributed by atoms with E-state index in [9.17, 15) is 13.2 Å². The van der Waals surface area contributed by atoms with Crippen LogP contribution in [0.5, 0.6) is 0 Å². The van der Waals surface area contributed by atoms with Gasteiger partial charge < -0.3 is 14.6 Å². The van der Waals surface area contributed by atoms with Gasteiger partial charge in [-0.15, -0.1) is 0 Å². The molecule has 0 aliphatic rings. The minimum absolute atomic E-state index is 0.207. The summed E-state index contributed by atoms with van der Waals surface area (Å²) in [5, 5.41) is 7.22. The Morgan fingerprint density at radius 2 is 1.93 bits per heavy atom. The van der Waals surface area contributed by atoms with Gasteiger partial charge in [0.15, 0.2) is 15.1 Å². The molecular weight excluding hydrogens is 224 g/mol. The number of sulfone groups is 1. The summed E-state index contributed by atoms with van der Waals surface area (Å²) < 4.78 is 32.3. The van der Waals surface area contributed by atoms with Crippen molar-refractivity contribution in [2.45, 2.75) is 11.7 Å². The summed E-state index contributed by atoms with van der Waals surface area (Å²) in [6.45, 7) is -0.0385. The van der Waals surface area contributed by atoms with Crippen LogP contribution in [0.1, 0.15) is 6.42 Å². The second-order valence-electron chi connectivity index (χ2n) is 3.00. The van der Waals surface area contributed by atoms with Crippen molar-refractivity contribution in [2.75, 3.05) is 33.2 Å². The summed E-state index contributed by atoms with van der Waals surface area (Å²) in [4.78, 5) is 10.7. The number of ether oxygens (including phenoxy) is 2. The highest BCUT2D eigenvalue weighted by atomic mass is 32.2. The molecule has 0 aliphatic heterocycles. The quantitative estimate of drug-likeness (QED) is 0.577. The lowest BCUT2D eigenvalue weighted by atomic mass is 10.4. The summed E-state index contributed by atoms with van der Waals surface area (Å²) in [5.74, 6) is -1.59. The van der Waals surface area contributed by atoms with Gasteiger partial charge in [0, 0.05) is 20.8 Å². The van der Waals surface area contributed by atoms with Gasteiger partial charge in [-0.1, -0.05) is 0 Å². The summed E-state index contributed by atoms with van der Waals surface area (Å²) in [6, 6.07) is 0. The SMILES string of the molecule is COCCCS(=O)(=O)C(COC)C(=O)O. The molecule has 0 amide bonds. The molecule has 1 atom stereocenters. The molecule has 0 bridgehead atoms. The van der Waals surface area contributed by atoms with Crippen molar-refractivity contribution in [3.05, 3.63) is 0 Å². The van der Waals surface area contributed by atoms with Crippen LogP contribution in [0, 0.1) is 0 Å². The molecule has 0 saturated heterocycles. The molecule has 0 radical (unpaired) electrons. The fourth-order valence-electron chi connectivity index (χ4n) is 1.03. The first-order valence-electron chi connectivity index (χ1n) is 4.38. The van der Waals surface area contributed by atoms with Crippen LogP contribution in [0.4, 0.5) is 0 Å². The molecule has 0 aromatic heterocycles. The first-order valence-corrected chi connectivity index (χ1v) is 6.09. The number of carboxylic acid groups (broad SMARTS) is 1. The van der Waals surface area contributed by atoms with Gasteiger partial charge in [0.1, 0.15) is 0 Å². The molecule has 0 aromatic carbocycles. The van der Waals surface area contributed by atoms with Crippen molar-refractivity contribution < 1.29 is 27.8 Å². The van der Waals surface area contributed by atoms with E-state index in [0.717, 1.165) is 0 Å². The van der Waals surface area contributed by atoms with Crippen LogP contribution in [-0.2, 0) is 24.1 Å². The summed E-state index contributed by atoms with van der Waals surface area (Å²) in [5.41, 5.74) is 0. The number of aliphatic carboxylic acids is 1. The third kappa shape index (κ3) is 5.10. The maximum absolute atomic E-state index is 11.5. The van der Waals surface area contributed by atoms with Crippen LogP contribution in [-0.4, -0.2) is 57.9 Å². The Hall–Kier alpha value is -0.660. The van der Waals surface area contributed by atoms with E-state index in [2.05, 4.69) is 4.74 Å². The van der Waals surface area contributed by atoms with E-state index in [-0.39, 0.29) is 18.8 Å². The first kappa shape index (κ1) is 14.3. The fraction of sp³-hybridized carbons (Fsp3) is 0.875. The Labute approximate surface area is 89.1 Å². The predicted octanol–water partition coefficient (Wildman–Crippen LogP) is -0.463. The second-order valence-corrected chi connectivity index (χ2v) is 5.30. The highest BCUT2D eigenvalue weighted by Gasteiger charge is 2.31. The van der Waals surface area contributed by atoms with Crippen molar-refractivity contribution in [3.63, 3.8) is 0 Å². The van der Waals surface area contributed by atoms with E-state index in [1.807, 2.05) is 0 Å². The molecule has 0 aromatic rings. The van der Waals surface area contributed by atoms with Gasteiger partial charge in [0.25, 0.3) is 0 Å². The third-order valence-corrected chi connectivity index (χ3v) is 3.87. The van der Waals surface area contributed by atoms with Crippen molar-refractivity contribution in [3.8, 4) is 0 Å². The van der Waals surface area contributed by atoms with Crippen LogP contribution in [0.25, 0.3) is 0 Å². The number of hydrogen-bond acceptors (Lipinski definition) is 5. The van der Waals surface area contributed by atoms with Crippen LogP contribution < -0.4 is 0 Å². The number of carboxylic acids is 1. The number of carbonyl (C=O) groups is 1. The monoisotopic (exact) mass is 240 g/mol. The molecule has 0 saturated carbocycles. The molecule has 0 fully saturated rings. The Kier molecular flexibility index (Phi) is 6.46. The van der Waals surface area contributed by atoms with Crippen LogP contribution in [0.3, 0.4) is 0 Å². The van der Waals surface area contributed by atoms with Crippen LogP contribution in [0.2, 0.25) is 0 Å². The summed E-state index contributed by atoms with van der Waals surface area (Å²) in [7, 11) is -0.941. The minimum atomic E-state index is -3.66. The topological polar surface area (TPSA) is 89.9 Å². The van der Waals surface area contributed by atoms with E-state index < -0.39 is 21.1 Å². The van der Waals surface area contributed by atoms with Crippen molar-refractivity contribution in [2.24, 2.45) is 0 Å². The summed E-state index contributed by atoms with van der Waals surface area (Å²) in [6.07, 6.45) is 0.284. The number of rotatable bonds is 8. The molecular formula is C8H16O6S. The zero-order valence-electron chi connectivity index (χ0n) is 8.80. The van der Waals surface area contributed by atoms with E-state index >= 15 is 0 Å². The Morgan fingerprint density at radius 3 is 2.33 bits per heavy atom. The van der Waals surface area contributed by atoms with Crippen LogP contribution in [0.15, 0.2) is 0 Å². The van der Waals surface area contributed by atoms with Crippen LogP contribution >= 0.6 is 0 Å². The highest BCUT2D eigenvalue weighted by molar-refractivity contribution is 7.92. The fourth-order valence-corrected chi connectivity index (χ4v) is 2.48. The average molecular weight is 240 g/mol. The normalized spacial score (nSPS) is 13.7. The Balaban J connectivity index is 4.44. The first-order chi connectivity index (χ1) is 6.95. The van der Waals surface area contributed by atoms with Gasteiger partial charge in [-0.05, 0) is 6.42 Å². The van der Waals surface area contributed by atoms with Gasteiger partial charge in [-0.25, -0.2) is 8.42 Å². The molecule has 0 spiro atoms. The molecule has 0 rings (SSSR count). The smallest absolute Gasteiger partial charge is 0.324 e. The van der Waals surface area contributed by atoms with Gasteiger partial charge in [-0.2, -0.15) is 0 Å². The lowest BCUT2D eigenvalue weighted by molar-refractivity contribution is -0.137. The van der Waals surface area contributed by atoms with E-state index in [1.54, 1.807) is 0 Å². The number of hydrogen-bond donors (Lipinski definition) is 1. The lowest BCUT2D eigenvalue weighted by Crippen LogP contribution is -2.36. The molecule has 1 unspecified atom stereocenters. The summed E-state index contributed by atoms with van der Waals surface area (Å²) >= 11 is 0. The highest BCUT2D eigenvalue weighted by Crippen LogP contribution is 2.05. The van der Waals surface area contributed by atoms with Crippen molar-refractivity contribution >= 4 is 15.8 Å². The zero-order valence-corrected chi connectivity index (χ0v) is 9.62. The van der Waals surface area contributed by atoms with Gasteiger partial charge >= 0.3 is 5.97 Å². The van der Waals surface area contributed by atoms with Gasteiger partial charge in [0.05, 0.1) is 12.4 Å². The molecule has 0 aliphatic carbocycles. The maximum Gasteiger partial charge on any atom is 0.324 e. The molecule has 90 valence electrons. The van der Waals surface area contributed by atoms with Crippen molar-refractivity contribution in [1.82, 2.24) is 0 Å². The van der Waals surface area contributed by atoms with Gasteiger partial charge in [0.2, 0.25) is 0 Å². The lowest BCUT2D eigenvalue weighted by Gasteiger charge is -2.12. The molecule has 0 heterocycles. The molecule has 7 heteroatoms. The van der Waals surface area contributed by atoms with E-state index in [4.69, 9.17) is 9.84 Å². The Morgan fingerprint density at radius 1 is 1.33 bits per heavy atom. The van der Waals surface area contributed by atoms with Crippen molar-refractivity contribution in [1.29, 1.82) is 0 Å². The number of methoxy groups -OCH3 is 2. The maximum atomic E-state index is 11.5. The second kappa shape index (κ2) is 6.76. The minimum Gasteiger partial charge on any atom is -0.480 e. The van der Waals surface area contributed by atoms with E-state index in [0.29, 0.717) is 6.61 Å². The average Bonchev–Trinajstić information content (AvgIpc) is 2.13. The Bertz CT molecular complexity index is 284. The van der Waals surface area contributed by atoms with E-state index in [1.165, 1.54) is 14.2 Å². The van der Waals surface area contributed by atoms with Gasteiger partial charge in [-0.3, -0.25) is 4.79 Å². The molecule has 6 nitrogen and oxygen atoms in total. The predicted molar refractivity (Wildman–Crippen MR) is 53.6 cm³/mol. The largest absolute Gasteiger partial charge is 0.480 e. The molecule has 15 heavy (non-hydrogen) atoms.